The summed E-state index contributed by atoms with van der Waals surface area (Å²) in [5.41, 5.74) is 0. The third-order valence-electron chi connectivity index (χ3n) is 2.70. The van der Waals surface area contributed by atoms with Gasteiger partial charge in [-0.2, -0.15) is 11.8 Å². The van der Waals surface area contributed by atoms with Crippen LogP contribution < -0.4 is 5.32 Å². The standard InChI is InChI=1S/C11H20N2O5S/c1-7(4-5-19-3)13(2)11(18)12-8(10(16)17)6-9(14)15/h7-8H,4-6H2,1-3H3,(H,12,18)(H,14,15)(H,16,17). The second-order valence-electron chi connectivity index (χ2n) is 4.18. The Labute approximate surface area is 116 Å². The summed E-state index contributed by atoms with van der Waals surface area (Å²) in [6.45, 7) is 1.85. The SMILES string of the molecule is CSCCC(C)N(C)C(=O)NC(CC(=O)O)C(=O)O. The van der Waals surface area contributed by atoms with E-state index < -0.39 is 30.4 Å². The van der Waals surface area contributed by atoms with Crippen LogP contribution in [-0.4, -0.2) is 64.2 Å². The highest BCUT2D eigenvalue weighted by molar-refractivity contribution is 7.98. The number of urea groups is 1. The first-order valence-corrected chi connectivity index (χ1v) is 7.15. The van der Waals surface area contributed by atoms with Crippen LogP contribution in [0.5, 0.6) is 0 Å². The lowest BCUT2D eigenvalue weighted by atomic mass is 10.2. The van der Waals surface area contributed by atoms with Gasteiger partial charge in [-0.25, -0.2) is 9.59 Å². The van der Waals surface area contributed by atoms with Crippen LogP contribution in [0, 0.1) is 0 Å². The molecule has 0 aromatic heterocycles. The minimum atomic E-state index is -1.42. The van der Waals surface area contributed by atoms with Crippen molar-refractivity contribution in [1.29, 1.82) is 0 Å². The van der Waals surface area contributed by atoms with Crippen LogP contribution in [0.3, 0.4) is 0 Å². The van der Waals surface area contributed by atoms with Crippen molar-refractivity contribution < 1.29 is 24.6 Å². The van der Waals surface area contributed by atoms with E-state index in [9.17, 15) is 14.4 Å². The van der Waals surface area contributed by atoms with Gasteiger partial charge in [-0.05, 0) is 25.4 Å². The number of nitrogens with zero attached hydrogens (tertiary/aromatic N) is 1. The Hall–Kier alpha value is -1.44. The maximum atomic E-state index is 11.8. The van der Waals surface area contributed by atoms with E-state index in [1.807, 2.05) is 13.2 Å². The molecule has 0 aromatic rings. The summed E-state index contributed by atoms with van der Waals surface area (Å²) in [7, 11) is 1.56. The van der Waals surface area contributed by atoms with Gasteiger partial charge in [0.2, 0.25) is 0 Å². The molecular formula is C11H20N2O5S. The lowest BCUT2D eigenvalue weighted by Gasteiger charge is -2.26. The number of carbonyl (C=O) groups is 3. The Morgan fingerprint density at radius 3 is 2.32 bits per heavy atom. The number of amides is 2. The maximum absolute atomic E-state index is 11.8. The summed E-state index contributed by atoms with van der Waals surface area (Å²) >= 11 is 1.66. The molecule has 0 fully saturated rings. The van der Waals surface area contributed by atoms with Crippen LogP contribution in [0.1, 0.15) is 19.8 Å². The number of carboxylic acid groups (broad SMARTS) is 2. The van der Waals surface area contributed by atoms with Gasteiger partial charge < -0.3 is 20.4 Å². The summed E-state index contributed by atoms with van der Waals surface area (Å²) in [5.74, 6) is -1.75. The fourth-order valence-corrected chi connectivity index (χ4v) is 1.88. The zero-order chi connectivity index (χ0) is 15.0. The van der Waals surface area contributed by atoms with Crippen molar-refractivity contribution in [3.63, 3.8) is 0 Å². The normalized spacial score (nSPS) is 13.4. The molecule has 0 aliphatic carbocycles. The van der Waals surface area contributed by atoms with Crippen LogP contribution in [-0.2, 0) is 9.59 Å². The molecule has 7 nitrogen and oxygen atoms in total. The first-order chi connectivity index (χ1) is 8.79. The van der Waals surface area contributed by atoms with Gasteiger partial charge in [-0.3, -0.25) is 4.79 Å². The Morgan fingerprint density at radius 2 is 1.89 bits per heavy atom. The molecular weight excluding hydrogens is 272 g/mol. The Bertz CT molecular complexity index is 337. The fraction of sp³-hybridized carbons (Fsp3) is 0.727. The van der Waals surface area contributed by atoms with E-state index in [2.05, 4.69) is 5.32 Å². The van der Waals surface area contributed by atoms with Crippen LogP contribution in [0.25, 0.3) is 0 Å². The molecule has 0 saturated carbocycles. The van der Waals surface area contributed by atoms with E-state index in [0.717, 1.165) is 12.2 Å². The monoisotopic (exact) mass is 292 g/mol. The van der Waals surface area contributed by atoms with Crippen molar-refractivity contribution in [1.82, 2.24) is 10.2 Å². The predicted octanol–water partition coefficient (Wildman–Crippen LogP) is 0.697. The lowest BCUT2D eigenvalue weighted by molar-refractivity contribution is -0.145. The molecule has 2 atom stereocenters. The second-order valence-corrected chi connectivity index (χ2v) is 5.17. The van der Waals surface area contributed by atoms with Gasteiger partial charge in [0.25, 0.3) is 0 Å². The second kappa shape index (κ2) is 8.63. The number of rotatable bonds is 8. The molecule has 0 heterocycles. The number of nitrogens with one attached hydrogen (secondary N) is 1. The Morgan fingerprint density at radius 1 is 1.32 bits per heavy atom. The quantitative estimate of drug-likeness (QED) is 0.608. The summed E-state index contributed by atoms with van der Waals surface area (Å²) < 4.78 is 0. The van der Waals surface area contributed by atoms with Crippen molar-refractivity contribution >= 4 is 29.7 Å². The van der Waals surface area contributed by atoms with E-state index in [1.54, 1.807) is 18.8 Å². The van der Waals surface area contributed by atoms with E-state index in [1.165, 1.54) is 4.90 Å². The largest absolute Gasteiger partial charge is 0.481 e. The maximum Gasteiger partial charge on any atom is 0.326 e. The van der Waals surface area contributed by atoms with Gasteiger partial charge in [0, 0.05) is 13.1 Å². The van der Waals surface area contributed by atoms with Crippen molar-refractivity contribution in [2.75, 3.05) is 19.1 Å². The first-order valence-electron chi connectivity index (χ1n) is 5.76. The summed E-state index contributed by atoms with van der Waals surface area (Å²) in [6.07, 6.45) is 2.09. The molecule has 0 spiro atoms. The van der Waals surface area contributed by atoms with Gasteiger partial charge in [0.1, 0.15) is 6.04 Å². The molecule has 2 unspecified atom stereocenters. The molecule has 0 aliphatic rings. The number of carboxylic acids is 2. The van der Waals surface area contributed by atoms with Crippen molar-refractivity contribution in [3.8, 4) is 0 Å². The number of carbonyl (C=O) groups excluding carboxylic acids is 1. The van der Waals surface area contributed by atoms with Crippen LogP contribution in [0.4, 0.5) is 4.79 Å². The average Bonchev–Trinajstić information content (AvgIpc) is 2.33. The zero-order valence-electron chi connectivity index (χ0n) is 11.3. The third kappa shape index (κ3) is 6.90. The van der Waals surface area contributed by atoms with Crippen molar-refractivity contribution in [3.05, 3.63) is 0 Å². The Kier molecular flexibility index (Phi) is 7.97. The zero-order valence-corrected chi connectivity index (χ0v) is 12.1. The summed E-state index contributed by atoms with van der Waals surface area (Å²) in [5, 5.41) is 19.6. The highest BCUT2D eigenvalue weighted by Gasteiger charge is 2.25. The Balaban J connectivity index is 4.46. The van der Waals surface area contributed by atoms with E-state index >= 15 is 0 Å². The molecule has 0 aliphatic heterocycles. The summed E-state index contributed by atoms with van der Waals surface area (Å²) in [4.78, 5) is 34.5. The molecule has 0 rings (SSSR count). The van der Waals surface area contributed by atoms with E-state index in [-0.39, 0.29) is 6.04 Å². The van der Waals surface area contributed by atoms with E-state index in [0.29, 0.717) is 0 Å². The van der Waals surface area contributed by atoms with Gasteiger partial charge in [-0.15, -0.1) is 0 Å². The number of aliphatic carboxylic acids is 2. The highest BCUT2D eigenvalue weighted by atomic mass is 32.2. The smallest absolute Gasteiger partial charge is 0.326 e. The molecule has 110 valence electrons. The minimum absolute atomic E-state index is 0.0493. The van der Waals surface area contributed by atoms with Gasteiger partial charge >= 0.3 is 18.0 Å². The average molecular weight is 292 g/mol. The number of hydrogen-bond acceptors (Lipinski definition) is 4. The first kappa shape index (κ1) is 17.6. The topological polar surface area (TPSA) is 107 Å². The highest BCUT2D eigenvalue weighted by Crippen LogP contribution is 2.06. The molecule has 0 bridgehead atoms. The van der Waals surface area contributed by atoms with Gasteiger partial charge in [-0.1, -0.05) is 0 Å². The molecule has 0 saturated heterocycles. The number of hydrogen-bond donors (Lipinski definition) is 3. The van der Waals surface area contributed by atoms with Gasteiger partial charge in [0.15, 0.2) is 0 Å². The molecule has 8 heteroatoms. The molecule has 0 aromatic carbocycles. The molecule has 3 N–H and O–H groups in total. The third-order valence-corrected chi connectivity index (χ3v) is 3.34. The predicted molar refractivity (Wildman–Crippen MR) is 72.4 cm³/mol. The summed E-state index contributed by atoms with van der Waals surface area (Å²) in [6, 6.07) is -2.05. The van der Waals surface area contributed by atoms with Crippen LogP contribution in [0.2, 0.25) is 0 Å². The minimum Gasteiger partial charge on any atom is -0.481 e. The molecule has 2 amide bonds. The van der Waals surface area contributed by atoms with Crippen molar-refractivity contribution in [2.24, 2.45) is 0 Å². The number of thioether (sulfide) groups is 1. The van der Waals surface area contributed by atoms with Crippen LogP contribution >= 0.6 is 11.8 Å². The molecule has 19 heavy (non-hydrogen) atoms. The lowest BCUT2D eigenvalue weighted by Crippen LogP contribution is -2.49. The van der Waals surface area contributed by atoms with E-state index in [4.69, 9.17) is 10.2 Å². The van der Waals surface area contributed by atoms with Gasteiger partial charge in [0.05, 0.1) is 6.42 Å². The fourth-order valence-electron chi connectivity index (χ4n) is 1.31. The van der Waals surface area contributed by atoms with Crippen LogP contribution in [0.15, 0.2) is 0 Å². The molecule has 0 radical (unpaired) electrons. The van der Waals surface area contributed by atoms with Crippen molar-refractivity contribution in [2.45, 2.75) is 31.8 Å².